The molecule has 3 rings (SSSR count). The molecule has 1 aliphatic carbocycles. The van der Waals surface area contributed by atoms with E-state index < -0.39 is 0 Å². The molecule has 21 heavy (non-hydrogen) atoms. The summed E-state index contributed by atoms with van der Waals surface area (Å²) < 4.78 is 2.19. The largest absolute Gasteiger partial charge is 0.392 e. The van der Waals surface area contributed by atoms with Gasteiger partial charge >= 0.3 is 0 Å². The monoisotopic (exact) mass is 293 g/mol. The van der Waals surface area contributed by atoms with Crippen LogP contribution in [-0.4, -0.2) is 68.0 Å². The first kappa shape index (κ1) is 14.9. The van der Waals surface area contributed by atoms with Gasteiger partial charge in [-0.2, -0.15) is 0 Å². The summed E-state index contributed by atoms with van der Waals surface area (Å²) in [4.78, 5) is 4.82. The number of nitrogens with zero attached hydrogens (tertiary/aromatic N) is 5. The van der Waals surface area contributed by atoms with Gasteiger partial charge in [0.1, 0.15) is 11.6 Å². The number of aromatic nitrogens is 3. The van der Waals surface area contributed by atoms with Gasteiger partial charge in [-0.1, -0.05) is 0 Å². The highest BCUT2D eigenvalue weighted by molar-refractivity contribution is 5.07. The van der Waals surface area contributed by atoms with E-state index in [0.717, 1.165) is 44.4 Å². The molecule has 0 radical (unpaired) electrons. The van der Waals surface area contributed by atoms with Gasteiger partial charge in [-0.3, -0.25) is 9.80 Å². The first-order chi connectivity index (χ1) is 10.0. The minimum Gasteiger partial charge on any atom is -0.392 e. The highest BCUT2D eigenvalue weighted by Crippen LogP contribution is 2.38. The van der Waals surface area contributed by atoms with E-state index in [9.17, 15) is 5.11 Å². The summed E-state index contributed by atoms with van der Waals surface area (Å²) in [7, 11) is 2.09. The first-order valence-corrected chi connectivity index (χ1v) is 8.07. The molecule has 0 amide bonds. The molecule has 1 saturated carbocycles. The Morgan fingerprint density at radius 2 is 2.05 bits per heavy atom. The van der Waals surface area contributed by atoms with Crippen molar-refractivity contribution < 1.29 is 5.11 Å². The van der Waals surface area contributed by atoms with Crippen molar-refractivity contribution in [3.05, 3.63) is 11.6 Å². The third-order valence-electron chi connectivity index (χ3n) is 4.65. The summed E-state index contributed by atoms with van der Waals surface area (Å²) in [6.07, 6.45) is 2.28. The van der Waals surface area contributed by atoms with Crippen LogP contribution in [0, 0.1) is 0 Å². The number of piperazine rings is 1. The van der Waals surface area contributed by atoms with Gasteiger partial charge in [0.15, 0.2) is 0 Å². The molecule has 0 bridgehead atoms. The van der Waals surface area contributed by atoms with E-state index >= 15 is 0 Å². The Balaban J connectivity index is 1.57. The van der Waals surface area contributed by atoms with Crippen LogP contribution in [0.3, 0.4) is 0 Å². The zero-order valence-corrected chi connectivity index (χ0v) is 13.4. The Kier molecular flexibility index (Phi) is 4.28. The van der Waals surface area contributed by atoms with E-state index in [4.69, 9.17) is 0 Å². The van der Waals surface area contributed by atoms with Crippen molar-refractivity contribution in [3.63, 3.8) is 0 Å². The van der Waals surface area contributed by atoms with Crippen LogP contribution in [0.25, 0.3) is 0 Å². The normalized spacial score (nSPS) is 26.2. The minimum atomic E-state index is -0.251. The number of aliphatic hydroxyl groups is 1. The summed E-state index contributed by atoms with van der Waals surface area (Å²) in [6, 6.07) is 0.476. The van der Waals surface area contributed by atoms with Crippen LogP contribution in [0.4, 0.5) is 0 Å². The Labute approximate surface area is 126 Å². The second-order valence-electron chi connectivity index (χ2n) is 6.74. The van der Waals surface area contributed by atoms with E-state index in [0.29, 0.717) is 12.0 Å². The quantitative estimate of drug-likeness (QED) is 0.860. The number of aliphatic hydroxyl groups excluding tert-OH is 1. The molecule has 0 aromatic carbocycles. The standard InChI is InChI=1S/C15H27N5O/c1-11-8-19(6-7-20(11)9-12(2)21)10-14-16-17-15(18(14)3)13-4-5-13/h11-13,21H,4-10H2,1-3H3/t11-,12-/m0/s1. The topological polar surface area (TPSA) is 57.4 Å². The molecule has 1 aromatic heterocycles. The molecule has 1 N–H and O–H groups in total. The zero-order valence-electron chi connectivity index (χ0n) is 13.4. The van der Waals surface area contributed by atoms with Gasteiger partial charge in [0.2, 0.25) is 0 Å². The molecule has 1 saturated heterocycles. The Bertz CT molecular complexity index is 482. The fraction of sp³-hybridized carbons (Fsp3) is 0.867. The molecule has 0 spiro atoms. The zero-order chi connectivity index (χ0) is 15.0. The summed E-state index contributed by atoms with van der Waals surface area (Å²) in [5.74, 6) is 2.89. The second-order valence-corrected chi connectivity index (χ2v) is 6.74. The van der Waals surface area contributed by atoms with E-state index in [1.165, 1.54) is 12.8 Å². The molecule has 2 heterocycles. The maximum Gasteiger partial charge on any atom is 0.146 e. The molecular formula is C15H27N5O. The lowest BCUT2D eigenvalue weighted by Gasteiger charge is -2.40. The number of rotatable bonds is 5. The van der Waals surface area contributed by atoms with Crippen LogP contribution < -0.4 is 0 Å². The third-order valence-corrected chi connectivity index (χ3v) is 4.65. The Morgan fingerprint density at radius 3 is 2.67 bits per heavy atom. The molecule has 2 aliphatic rings. The van der Waals surface area contributed by atoms with Crippen molar-refractivity contribution in [1.29, 1.82) is 0 Å². The number of β-amino-alcohol motifs (C(OH)–C–C–N with tert-alkyl or cyclic N) is 1. The average molecular weight is 293 g/mol. The smallest absolute Gasteiger partial charge is 0.146 e. The fourth-order valence-electron chi connectivity index (χ4n) is 3.23. The number of hydrogen-bond donors (Lipinski definition) is 1. The van der Waals surface area contributed by atoms with Crippen molar-refractivity contribution in [2.24, 2.45) is 7.05 Å². The van der Waals surface area contributed by atoms with Crippen LogP contribution in [0.2, 0.25) is 0 Å². The van der Waals surface area contributed by atoms with Gasteiger partial charge < -0.3 is 9.67 Å². The molecule has 6 nitrogen and oxygen atoms in total. The van der Waals surface area contributed by atoms with E-state index in [-0.39, 0.29) is 6.10 Å². The molecular weight excluding hydrogens is 266 g/mol. The van der Waals surface area contributed by atoms with Gasteiger partial charge in [-0.25, -0.2) is 0 Å². The minimum absolute atomic E-state index is 0.251. The molecule has 6 heteroatoms. The number of hydrogen-bond acceptors (Lipinski definition) is 5. The maximum atomic E-state index is 9.54. The molecule has 1 aromatic rings. The lowest BCUT2D eigenvalue weighted by Crippen LogP contribution is -2.53. The SMILES string of the molecule is C[C@H](O)CN1CCN(Cc2nnc(C3CC3)n2C)C[C@@H]1C. The van der Waals surface area contributed by atoms with Gasteiger partial charge in [0.05, 0.1) is 12.6 Å². The highest BCUT2D eigenvalue weighted by atomic mass is 16.3. The van der Waals surface area contributed by atoms with Crippen molar-refractivity contribution in [2.45, 2.75) is 51.3 Å². The van der Waals surface area contributed by atoms with Gasteiger partial charge in [-0.15, -0.1) is 10.2 Å². The second kappa shape index (κ2) is 6.02. The fourth-order valence-corrected chi connectivity index (χ4v) is 3.23. The van der Waals surface area contributed by atoms with E-state index in [1.54, 1.807) is 0 Å². The van der Waals surface area contributed by atoms with Crippen LogP contribution in [0.1, 0.15) is 44.3 Å². The third kappa shape index (κ3) is 3.44. The predicted octanol–water partition coefficient (Wildman–Crippen LogP) is 0.579. The summed E-state index contributed by atoms with van der Waals surface area (Å²) in [5, 5.41) is 18.3. The van der Waals surface area contributed by atoms with Crippen molar-refractivity contribution in [2.75, 3.05) is 26.2 Å². The molecule has 2 fully saturated rings. The highest BCUT2D eigenvalue weighted by Gasteiger charge is 2.30. The molecule has 2 atom stereocenters. The van der Waals surface area contributed by atoms with Crippen LogP contribution >= 0.6 is 0 Å². The van der Waals surface area contributed by atoms with Crippen molar-refractivity contribution in [1.82, 2.24) is 24.6 Å². The van der Waals surface area contributed by atoms with Crippen LogP contribution in [0.5, 0.6) is 0 Å². The summed E-state index contributed by atoms with van der Waals surface area (Å²) in [5.41, 5.74) is 0. The maximum absolute atomic E-state index is 9.54. The van der Waals surface area contributed by atoms with Gasteiger partial charge in [-0.05, 0) is 26.7 Å². The van der Waals surface area contributed by atoms with Crippen molar-refractivity contribution in [3.8, 4) is 0 Å². The average Bonchev–Trinajstić information content (AvgIpc) is 3.19. The van der Waals surface area contributed by atoms with Gasteiger partial charge in [0.25, 0.3) is 0 Å². The van der Waals surface area contributed by atoms with Crippen LogP contribution in [-0.2, 0) is 13.6 Å². The summed E-state index contributed by atoms with van der Waals surface area (Å²) in [6.45, 7) is 8.81. The Hall–Kier alpha value is -0.980. The molecule has 118 valence electrons. The lowest BCUT2D eigenvalue weighted by molar-refractivity contribution is 0.0410. The summed E-state index contributed by atoms with van der Waals surface area (Å²) >= 11 is 0. The van der Waals surface area contributed by atoms with E-state index in [2.05, 4.69) is 38.5 Å². The first-order valence-electron chi connectivity index (χ1n) is 8.07. The van der Waals surface area contributed by atoms with Crippen molar-refractivity contribution >= 4 is 0 Å². The van der Waals surface area contributed by atoms with Gasteiger partial charge in [0, 0.05) is 45.2 Å². The lowest BCUT2D eigenvalue weighted by atomic mass is 10.1. The Morgan fingerprint density at radius 1 is 1.29 bits per heavy atom. The van der Waals surface area contributed by atoms with E-state index in [1.807, 2.05) is 6.92 Å². The predicted molar refractivity (Wildman–Crippen MR) is 81.0 cm³/mol. The van der Waals surface area contributed by atoms with Crippen LogP contribution in [0.15, 0.2) is 0 Å². The molecule has 0 unspecified atom stereocenters. The molecule has 1 aliphatic heterocycles.